The van der Waals surface area contributed by atoms with Crippen LogP contribution in [-0.4, -0.2) is 44.2 Å². The Morgan fingerprint density at radius 3 is 2.84 bits per heavy atom. The molecule has 0 bridgehead atoms. The summed E-state index contributed by atoms with van der Waals surface area (Å²) < 4.78 is 0. The van der Waals surface area contributed by atoms with E-state index in [4.69, 9.17) is 0 Å². The van der Waals surface area contributed by atoms with Gasteiger partial charge in [0.15, 0.2) is 0 Å². The standard InChI is InChI=1S/C16H25N3/c1-2-15-5-4-14(12-16(15)3-1)13-18-8-11-19-9-6-17-7-10-19/h4-5,12,17-18H,1-3,6-11,13H2. The highest BCUT2D eigenvalue weighted by Crippen LogP contribution is 2.22. The van der Waals surface area contributed by atoms with E-state index in [0.717, 1.165) is 26.2 Å². The second-order valence-electron chi connectivity index (χ2n) is 5.73. The van der Waals surface area contributed by atoms with Gasteiger partial charge in [-0.2, -0.15) is 0 Å². The number of fused-ring (bicyclic) bond motifs is 1. The molecule has 104 valence electrons. The molecule has 0 atom stereocenters. The van der Waals surface area contributed by atoms with Gasteiger partial charge in [0.05, 0.1) is 0 Å². The van der Waals surface area contributed by atoms with Crippen LogP contribution in [0.5, 0.6) is 0 Å². The topological polar surface area (TPSA) is 27.3 Å². The molecular weight excluding hydrogens is 234 g/mol. The van der Waals surface area contributed by atoms with Crippen LogP contribution >= 0.6 is 0 Å². The average Bonchev–Trinajstić information content (AvgIpc) is 2.92. The fourth-order valence-electron chi connectivity index (χ4n) is 3.14. The van der Waals surface area contributed by atoms with Gasteiger partial charge in [0, 0.05) is 45.8 Å². The van der Waals surface area contributed by atoms with Gasteiger partial charge in [-0.1, -0.05) is 18.2 Å². The number of piperazine rings is 1. The van der Waals surface area contributed by atoms with Gasteiger partial charge in [0.25, 0.3) is 0 Å². The molecule has 0 amide bonds. The minimum Gasteiger partial charge on any atom is -0.314 e. The van der Waals surface area contributed by atoms with Crippen LogP contribution in [0.4, 0.5) is 0 Å². The Hall–Kier alpha value is -0.900. The van der Waals surface area contributed by atoms with E-state index < -0.39 is 0 Å². The number of aryl methyl sites for hydroxylation is 2. The van der Waals surface area contributed by atoms with Gasteiger partial charge >= 0.3 is 0 Å². The van der Waals surface area contributed by atoms with E-state index in [1.807, 2.05) is 0 Å². The summed E-state index contributed by atoms with van der Waals surface area (Å²) in [7, 11) is 0. The maximum absolute atomic E-state index is 3.58. The van der Waals surface area contributed by atoms with Crippen molar-refractivity contribution in [3.63, 3.8) is 0 Å². The van der Waals surface area contributed by atoms with E-state index in [9.17, 15) is 0 Å². The van der Waals surface area contributed by atoms with Crippen LogP contribution in [0.25, 0.3) is 0 Å². The maximum Gasteiger partial charge on any atom is 0.0206 e. The van der Waals surface area contributed by atoms with E-state index >= 15 is 0 Å². The lowest BCUT2D eigenvalue weighted by molar-refractivity contribution is 0.241. The third-order valence-corrected chi connectivity index (χ3v) is 4.31. The fraction of sp³-hybridized carbons (Fsp3) is 0.625. The molecule has 0 spiro atoms. The van der Waals surface area contributed by atoms with Crippen molar-refractivity contribution in [1.82, 2.24) is 15.5 Å². The van der Waals surface area contributed by atoms with Crippen molar-refractivity contribution in [2.24, 2.45) is 0 Å². The predicted octanol–water partition coefficient (Wildman–Crippen LogP) is 1.17. The smallest absolute Gasteiger partial charge is 0.0206 e. The first kappa shape index (κ1) is 13.1. The minimum absolute atomic E-state index is 1.01. The highest BCUT2D eigenvalue weighted by molar-refractivity contribution is 5.35. The molecule has 2 N–H and O–H groups in total. The largest absolute Gasteiger partial charge is 0.314 e. The number of nitrogens with one attached hydrogen (secondary N) is 2. The van der Waals surface area contributed by atoms with Gasteiger partial charge in [-0.15, -0.1) is 0 Å². The molecule has 0 unspecified atom stereocenters. The van der Waals surface area contributed by atoms with Crippen molar-refractivity contribution in [2.45, 2.75) is 25.8 Å². The molecule has 1 aliphatic carbocycles. The maximum atomic E-state index is 3.58. The first-order valence-corrected chi connectivity index (χ1v) is 7.66. The van der Waals surface area contributed by atoms with Gasteiger partial charge in [-0.25, -0.2) is 0 Å². The molecule has 3 heteroatoms. The predicted molar refractivity (Wildman–Crippen MR) is 79.5 cm³/mol. The molecule has 1 aromatic rings. The molecule has 3 nitrogen and oxygen atoms in total. The van der Waals surface area contributed by atoms with Gasteiger partial charge in [-0.05, 0) is 36.0 Å². The summed E-state index contributed by atoms with van der Waals surface area (Å²) in [5.41, 5.74) is 4.60. The molecule has 1 fully saturated rings. The van der Waals surface area contributed by atoms with Crippen molar-refractivity contribution in [1.29, 1.82) is 0 Å². The van der Waals surface area contributed by atoms with Gasteiger partial charge in [0.2, 0.25) is 0 Å². The molecule has 1 aliphatic heterocycles. The highest BCUT2D eigenvalue weighted by Gasteiger charge is 2.11. The van der Waals surface area contributed by atoms with Crippen LogP contribution in [0.15, 0.2) is 18.2 Å². The van der Waals surface area contributed by atoms with E-state index in [-0.39, 0.29) is 0 Å². The summed E-state index contributed by atoms with van der Waals surface area (Å²) in [6.45, 7) is 7.96. The van der Waals surface area contributed by atoms with Crippen LogP contribution < -0.4 is 10.6 Å². The van der Waals surface area contributed by atoms with Gasteiger partial charge in [-0.3, -0.25) is 4.90 Å². The lowest BCUT2D eigenvalue weighted by Crippen LogP contribution is -2.45. The number of nitrogens with zero attached hydrogens (tertiary/aromatic N) is 1. The van der Waals surface area contributed by atoms with Crippen molar-refractivity contribution in [3.8, 4) is 0 Å². The summed E-state index contributed by atoms with van der Waals surface area (Å²) >= 11 is 0. The zero-order chi connectivity index (χ0) is 12.9. The SMILES string of the molecule is c1cc2c(cc1CNCCN1CCNCC1)CCC2. The second kappa shape index (κ2) is 6.51. The Labute approximate surface area is 116 Å². The third kappa shape index (κ3) is 3.56. The van der Waals surface area contributed by atoms with Crippen molar-refractivity contribution in [2.75, 3.05) is 39.3 Å². The lowest BCUT2D eigenvalue weighted by atomic mass is 10.1. The summed E-state index contributed by atoms with van der Waals surface area (Å²) in [6, 6.07) is 7.03. The van der Waals surface area contributed by atoms with Crippen LogP contribution in [0.2, 0.25) is 0 Å². The lowest BCUT2D eigenvalue weighted by Gasteiger charge is -2.27. The quantitative estimate of drug-likeness (QED) is 0.777. The minimum atomic E-state index is 1.01. The Kier molecular flexibility index (Phi) is 4.49. The molecule has 3 rings (SSSR count). The van der Waals surface area contributed by atoms with Crippen molar-refractivity contribution >= 4 is 0 Å². The number of hydrogen-bond donors (Lipinski definition) is 2. The second-order valence-corrected chi connectivity index (χ2v) is 5.73. The average molecular weight is 259 g/mol. The van der Waals surface area contributed by atoms with Gasteiger partial charge < -0.3 is 10.6 Å². The monoisotopic (exact) mass is 259 g/mol. The van der Waals surface area contributed by atoms with Crippen LogP contribution in [0.1, 0.15) is 23.1 Å². The third-order valence-electron chi connectivity index (χ3n) is 4.31. The number of rotatable bonds is 5. The molecular formula is C16H25N3. The molecule has 1 heterocycles. The summed E-state index contributed by atoms with van der Waals surface area (Å²) in [6.07, 6.45) is 3.91. The van der Waals surface area contributed by atoms with E-state index in [0.29, 0.717) is 0 Å². The van der Waals surface area contributed by atoms with Crippen LogP contribution in [0, 0.1) is 0 Å². The van der Waals surface area contributed by atoms with Gasteiger partial charge in [0.1, 0.15) is 0 Å². The normalized spacial score (nSPS) is 19.6. The van der Waals surface area contributed by atoms with E-state index in [2.05, 4.69) is 33.7 Å². The van der Waals surface area contributed by atoms with E-state index in [1.165, 1.54) is 44.5 Å². The van der Waals surface area contributed by atoms with Crippen molar-refractivity contribution < 1.29 is 0 Å². The van der Waals surface area contributed by atoms with E-state index in [1.54, 1.807) is 11.1 Å². The molecule has 1 aromatic carbocycles. The molecule has 0 aromatic heterocycles. The Morgan fingerprint density at radius 1 is 1.11 bits per heavy atom. The zero-order valence-electron chi connectivity index (χ0n) is 11.8. The first-order valence-electron chi connectivity index (χ1n) is 7.66. The van der Waals surface area contributed by atoms with Crippen molar-refractivity contribution in [3.05, 3.63) is 34.9 Å². The summed E-state index contributed by atoms with van der Waals surface area (Å²) in [5, 5.41) is 6.97. The fourth-order valence-corrected chi connectivity index (χ4v) is 3.14. The molecule has 2 aliphatic rings. The number of benzene rings is 1. The molecule has 0 radical (unpaired) electrons. The Morgan fingerprint density at radius 2 is 1.95 bits per heavy atom. The molecule has 19 heavy (non-hydrogen) atoms. The Balaban J connectivity index is 1.40. The molecule has 1 saturated heterocycles. The summed E-state index contributed by atoms with van der Waals surface area (Å²) in [5.74, 6) is 0. The Bertz CT molecular complexity index is 410. The number of hydrogen-bond acceptors (Lipinski definition) is 3. The first-order chi connectivity index (χ1) is 9.42. The van der Waals surface area contributed by atoms with Crippen LogP contribution in [0.3, 0.4) is 0 Å². The highest BCUT2D eigenvalue weighted by atomic mass is 15.2. The summed E-state index contributed by atoms with van der Waals surface area (Å²) in [4.78, 5) is 2.53. The van der Waals surface area contributed by atoms with Crippen LogP contribution in [-0.2, 0) is 19.4 Å². The zero-order valence-corrected chi connectivity index (χ0v) is 11.8. The molecule has 0 saturated carbocycles.